The maximum absolute atomic E-state index is 7.57. The third-order valence-electron chi connectivity index (χ3n) is 0. The van der Waals surface area contributed by atoms with Crippen LogP contribution in [0.5, 0.6) is 0 Å². The fourth-order valence-electron chi connectivity index (χ4n) is 0. The third-order valence-corrected chi connectivity index (χ3v) is 0. The molecule has 0 amide bonds. The van der Waals surface area contributed by atoms with Crippen LogP contribution in [-0.4, -0.2) is 24.0 Å². The number of nitrogens with two attached hydrogens (primary N) is 1. The van der Waals surface area contributed by atoms with Gasteiger partial charge in [0.2, 0.25) is 0 Å². The van der Waals surface area contributed by atoms with Crippen molar-refractivity contribution in [2.24, 2.45) is 5.73 Å². The van der Waals surface area contributed by atoms with Crippen LogP contribution in [0.4, 0.5) is 0 Å². The average molecular weight is 153 g/mol. The van der Waals surface area contributed by atoms with Gasteiger partial charge in [0.1, 0.15) is 0 Å². The summed E-state index contributed by atoms with van der Waals surface area (Å²) in [5.74, 6) is 0.944. The molecule has 0 fully saturated rings. The second kappa shape index (κ2) is 40.9. The summed E-state index contributed by atoms with van der Waals surface area (Å²) in [7, 11) is 0. The Balaban J connectivity index is -0.0000000600. The Morgan fingerprint density at radius 2 is 1.33 bits per heavy atom. The molecule has 0 aliphatic heterocycles. The maximum atomic E-state index is 7.57. The van der Waals surface area contributed by atoms with Crippen LogP contribution in [0, 0.1) is 0 Å². The van der Waals surface area contributed by atoms with Crippen LogP contribution in [0.3, 0.4) is 0 Å². The van der Waals surface area contributed by atoms with Gasteiger partial charge in [0.25, 0.3) is 0 Å². The molecule has 60 valence electrons. The highest BCUT2D eigenvalue weighted by atomic mass is 32.1. The number of rotatable bonds is 0. The minimum atomic E-state index is 0.250. The van der Waals surface area contributed by atoms with Gasteiger partial charge >= 0.3 is 0 Å². The van der Waals surface area contributed by atoms with E-state index in [0.717, 1.165) is 12.3 Å². The van der Waals surface area contributed by atoms with Gasteiger partial charge in [-0.3, -0.25) is 0 Å². The minimum Gasteiger partial charge on any atom is -0.397 e. The van der Waals surface area contributed by atoms with Crippen LogP contribution < -0.4 is 5.73 Å². The molecule has 0 heterocycles. The van der Waals surface area contributed by atoms with E-state index in [4.69, 9.17) is 10.8 Å². The molecule has 0 radical (unpaired) electrons. The van der Waals surface area contributed by atoms with Gasteiger partial charge in [-0.1, -0.05) is 13.8 Å². The molecule has 0 unspecified atom stereocenters. The van der Waals surface area contributed by atoms with Crippen molar-refractivity contribution in [2.75, 3.05) is 18.9 Å². The van der Waals surface area contributed by atoms with E-state index in [1.54, 1.807) is 6.92 Å². The third kappa shape index (κ3) is 4460. The molecule has 0 aromatic heterocycles. The molecule has 0 aromatic rings. The molecule has 0 saturated carbocycles. The topological polar surface area (TPSA) is 46.2 Å². The molecule has 0 aliphatic rings. The highest BCUT2D eigenvalue weighted by Gasteiger charge is 1.35. The van der Waals surface area contributed by atoms with Crippen LogP contribution in [0.25, 0.3) is 0 Å². The van der Waals surface area contributed by atoms with Crippen LogP contribution in [0.2, 0.25) is 0 Å². The molecule has 3 N–H and O–H groups in total. The highest BCUT2D eigenvalue weighted by molar-refractivity contribution is 7.80. The predicted octanol–water partition coefficient (Wildman–Crippen LogP) is 0.900. The van der Waals surface area contributed by atoms with Crippen molar-refractivity contribution in [3.05, 3.63) is 0 Å². The Bertz CT molecular complexity index is 17.8. The maximum Gasteiger partial charge on any atom is 0.0402 e. The lowest BCUT2D eigenvalue weighted by Crippen LogP contribution is -1.87. The molecule has 0 spiro atoms. The SMILES string of the molecule is CCN.CCO.CCS. The van der Waals surface area contributed by atoms with Gasteiger partial charge in [0.15, 0.2) is 0 Å². The van der Waals surface area contributed by atoms with Gasteiger partial charge in [-0.05, 0) is 19.2 Å². The molecular weight excluding hydrogens is 134 g/mol. The Morgan fingerprint density at radius 3 is 1.33 bits per heavy atom. The number of aliphatic hydroxyl groups excluding tert-OH is 1. The van der Waals surface area contributed by atoms with Gasteiger partial charge in [-0.25, -0.2) is 0 Å². The zero-order valence-corrected chi connectivity index (χ0v) is 7.49. The molecule has 0 atom stereocenters. The molecule has 0 bridgehead atoms. The molecule has 0 aromatic carbocycles. The first-order chi connectivity index (χ1) is 4.24. The van der Waals surface area contributed by atoms with Crippen molar-refractivity contribution in [1.29, 1.82) is 0 Å². The molecule has 0 aliphatic carbocycles. The normalized spacial score (nSPS) is 6.00. The van der Waals surface area contributed by atoms with Crippen LogP contribution in [-0.2, 0) is 0 Å². The molecule has 3 heteroatoms. The van der Waals surface area contributed by atoms with Gasteiger partial charge in [0, 0.05) is 6.61 Å². The Hall–Kier alpha value is 0.270. The van der Waals surface area contributed by atoms with Gasteiger partial charge in [0.05, 0.1) is 0 Å². The predicted molar refractivity (Wildman–Crippen MR) is 47.0 cm³/mol. The van der Waals surface area contributed by atoms with E-state index in [2.05, 4.69) is 12.6 Å². The molecule has 0 rings (SSSR count). The molecule has 2 nitrogen and oxygen atoms in total. The van der Waals surface area contributed by atoms with Crippen LogP contribution >= 0.6 is 12.6 Å². The largest absolute Gasteiger partial charge is 0.397 e. The minimum absolute atomic E-state index is 0.250. The van der Waals surface area contributed by atoms with E-state index in [1.807, 2.05) is 13.8 Å². The summed E-state index contributed by atoms with van der Waals surface area (Å²) in [4.78, 5) is 0. The summed E-state index contributed by atoms with van der Waals surface area (Å²) in [6.07, 6.45) is 0. The van der Waals surface area contributed by atoms with Crippen molar-refractivity contribution in [2.45, 2.75) is 20.8 Å². The summed E-state index contributed by atoms with van der Waals surface area (Å²) in [5.41, 5.74) is 4.85. The fourth-order valence-corrected chi connectivity index (χ4v) is 0. The summed E-state index contributed by atoms with van der Waals surface area (Å²) in [6, 6.07) is 0. The summed E-state index contributed by atoms with van der Waals surface area (Å²) in [5, 5.41) is 7.57. The van der Waals surface area contributed by atoms with Crippen molar-refractivity contribution < 1.29 is 5.11 Å². The zero-order valence-electron chi connectivity index (χ0n) is 6.59. The lowest BCUT2D eigenvalue weighted by molar-refractivity contribution is 0.318. The lowest BCUT2D eigenvalue weighted by Gasteiger charge is -1.53. The van der Waals surface area contributed by atoms with Crippen molar-refractivity contribution >= 4 is 12.6 Å². The highest BCUT2D eigenvalue weighted by Crippen LogP contribution is 1.58. The fraction of sp³-hybridized carbons (Fsp3) is 1.00. The quantitative estimate of drug-likeness (QED) is 0.453. The number of aliphatic hydroxyl groups is 1. The first-order valence-corrected chi connectivity index (χ1v) is 3.79. The second-order valence-electron chi connectivity index (χ2n) is 1.04. The van der Waals surface area contributed by atoms with Gasteiger partial charge < -0.3 is 10.8 Å². The van der Waals surface area contributed by atoms with Gasteiger partial charge in [-0.2, -0.15) is 12.6 Å². The summed E-state index contributed by atoms with van der Waals surface area (Å²) in [6.45, 7) is 6.57. The Labute approximate surface area is 63.9 Å². The number of hydrogen-bond donors (Lipinski definition) is 3. The van der Waals surface area contributed by atoms with Crippen molar-refractivity contribution in [1.82, 2.24) is 0 Å². The standard InChI is InChI=1S/C2H7N.C2H6O.C2H6S/c3*1-2-3/h2-3H2,1H3;2*3H,2H2,1H3. The van der Waals surface area contributed by atoms with E-state index in [1.165, 1.54) is 0 Å². The number of hydrogen-bond acceptors (Lipinski definition) is 3. The first-order valence-electron chi connectivity index (χ1n) is 3.16. The van der Waals surface area contributed by atoms with Crippen molar-refractivity contribution in [3.8, 4) is 0 Å². The van der Waals surface area contributed by atoms with E-state index >= 15 is 0 Å². The van der Waals surface area contributed by atoms with Crippen LogP contribution in [0.15, 0.2) is 0 Å². The monoisotopic (exact) mass is 153 g/mol. The Morgan fingerprint density at radius 1 is 1.33 bits per heavy atom. The molecular formula is C6H19NOS. The molecule has 0 saturated heterocycles. The van der Waals surface area contributed by atoms with E-state index in [0.29, 0.717) is 0 Å². The zero-order chi connectivity index (χ0) is 8.12. The van der Waals surface area contributed by atoms with Crippen LogP contribution in [0.1, 0.15) is 20.8 Å². The number of thiol groups is 1. The molecule has 9 heavy (non-hydrogen) atoms. The average Bonchev–Trinajstić information content (AvgIpc) is 1.70. The lowest BCUT2D eigenvalue weighted by atomic mass is 10.8. The Kier molecular flexibility index (Phi) is 73.2. The van der Waals surface area contributed by atoms with E-state index in [9.17, 15) is 0 Å². The first kappa shape index (κ1) is 16.1. The smallest absolute Gasteiger partial charge is 0.0402 e. The van der Waals surface area contributed by atoms with E-state index < -0.39 is 0 Å². The summed E-state index contributed by atoms with van der Waals surface area (Å²) >= 11 is 3.79. The second-order valence-corrected chi connectivity index (χ2v) is 1.67. The van der Waals surface area contributed by atoms with E-state index in [-0.39, 0.29) is 6.61 Å². The van der Waals surface area contributed by atoms with Gasteiger partial charge in [-0.15, -0.1) is 0 Å². The van der Waals surface area contributed by atoms with Crippen molar-refractivity contribution in [3.63, 3.8) is 0 Å². The summed E-state index contributed by atoms with van der Waals surface area (Å²) < 4.78 is 0.